The molecule has 0 aromatic heterocycles. The summed E-state index contributed by atoms with van der Waals surface area (Å²) >= 11 is 5.83. The van der Waals surface area contributed by atoms with Crippen molar-refractivity contribution in [3.8, 4) is 11.8 Å². The monoisotopic (exact) mass is 208 g/mol. The first-order valence-electron chi connectivity index (χ1n) is 4.42. The highest BCUT2D eigenvalue weighted by Gasteiger charge is 1.93. The molecule has 0 bridgehead atoms. The number of rotatable bonds is 2. The molecule has 0 heterocycles. The van der Waals surface area contributed by atoms with Gasteiger partial charge >= 0.3 is 0 Å². The lowest BCUT2D eigenvalue weighted by Crippen LogP contribution is -2.05. The number of nitrogens with two attached hydrogens (primary N) is 1. The van der Waals surface area contributed by atoms with Crippen LogP contribution in [0, 0.1) is 11.8 Å². The average Bonchev–Trinajstić information content (AvgIpc) is 2.11. The molecule has 0 fully saturated rings. The SMILES string of the molecule is CNCCC#Cc1cc(N)cc(Cl)c1. The zero-order chi connectivity index (χ0) is 10.4. The Bertz CT molecular complexity index is 343. The van der Waals surface area contributed by atoms with Crippen LogP contribution in [-0.4, -0.2) is 13.6 Å². The summed E-state index contributed by atoms with van der Waals surface area (Å²) in [5.41, 5.74) is 7.14. The van der Waals surface area contributed by atoms with Gasteiger partial charge in [-0.25, -0.2) is 0 Å². The molecule has 14 heavy (non-hydrogen) atoms. The summed E-state index contributed by atoms with van der Waals surface area (Å²) < 4.78 is 0. The molecule has 74 valence electrons. The molecule has 0 radical (unpaired) electrons. The molecule has 0 saturated heterocycles. The van der Waals surface area contributed by atoms with Gasteiger partial charge in [0.15, 0.2) is 0 Å². The van der Waals surface area contributed by atoms with Crippen molar-refractivity contribution >= 4 is 17.3 Å². The van der Waals surface area contributed by atoms with Gasteiger partial charge in [0, 0.05) is 29.2 Å². The summed E-state index contributed by atoms with van der Waals surface area (Å²) in [6, 6.07) is 5.34. The lowest BCUT2D eigenvalue weighted by molar-refractivity contribution is 0.818. The molecule has 1 aromatic rings. The molecular weight excluding hydrogens is 196 g/mol. The first-order chi connectivity index (χ1) is 6.72. The summed E-state index contributed by atoms with van der Waals surface area (Å²) in [6.07, 6.45) is 0.822. The van der Waals surface area contributed by atoms with Crippen LogP contribution in [0.1, 0.15) is 12.0 Å². The number of nitrogen functional groups attached to an aromatic ring is 1. The van der Waals surface area contributed by atoms with Crippen LogP contribution in [0.5, 0.6) is 0 Å². The topological polar surface area (TPSA) is 38.0 Å². The van der Waals surface area contributed by atoms with Crippen LogP contribution >= 0.6 is 11.6 Å². The van der Waals surface area contributed by atoms with Crippen LogP contribution in [0.4, 0.5) is 5.69 Å². The molecular formula is C11H13ClN2. The maximum atomic E-state index is 5.83. The van der Waals surface area contributed by atoms with Gasteiger partial charge in [0.25, 0.3) is 0 Å². The van der Waals surface area contributed by atoms with E-state index in [2.05, 4.69) is 17.2 Å². The van der Waals surface area contributed by atoms with Crippen molar-refractivity contribution < 1.29 is 0 Å². The molecule has 0 atom stereocenters. The predicted molar refractivity (Wildman–Crippen MR) is 61.3 cm³/mol. The Morgan fingerprint density at radius 1 is 1.43 bits per heavy atom. The molecule has 0 aliphatic carbocycles. The van der Waals surface area contributed by atoms with Gasteiger partial charge in [-0.15, -0.1) is 0 Å². The van der Waals surface area contributed by atoms with Gasteiger partial charge in [-0.05, 0) is 25.2 Å². The van der Waals surface area contributed by atoms with E-state index in [1.807, 2.05) is 19.2 Å². The normalized spacial score (nSPS) is 9.29. The lowest BCUT2D eigenvalue weighted by atomic mass is 10.2. The molecule has 1 aromatic carbocycles. The maximum absolute atomic E-state index is 5.83. The van der Waals surface area contributed by atoms with Crippen molar-refractivity contribution in [1.29, 1.82) is 0 Å². The minimum Gasteiger partial charge on any atom is -0.399 e. The lowest BCUT2D eigenvalue weighted by Gasteiger charge is -1.96. The summed E-state index contributed by atoms with van der Waals surface area (Å²) in [5.74, 6) is 6.04. The molecule has 0 spiro atoms. The van der Waals surface area contributed by atoms with E-state index in [0.29, 0.717) is 10.7 Å². The van der Waals surface area contributed by atoms with Crippen molar-refractivity contribution in [3.63, 3.8) is 0 Å². The highest BCUT2D eigenvalue weighted by atomic mass is 35.5. The molecule has 0 amide bonds. The van der Waals surface area contributed by atoms with Crippen LogP contribution in [-0.2, 0) is 0 Å². The summed E-state index contributed by atoms with van der Waals surface area (Å²) in [6.45, 7) is 0.892. The van der Waals surface area contributed by atoms with Gasteiger partial charge in [0.2, 0.25) is 0 Å². The third kappa shape index (κ3) is 3.69. The molecule has 0 aliphatic rings. The molecule has 2 nitrogen and oxygen atoms in total. The average molecular weight is 209 g/mol. The fourth-order valence-electron chi connectivity index (χ4n) is 1.04. The summed E-state index contributed by atoms with van der Waals surface area (Å²) in [5, 5.41) is 3.65. The fraction of sp³-hybridized carbons (Fsp3) is 0.273. The van der Waals surface area contributed by atoms with E-state index < -0.39 is 0 Å². The van der Waals surface area contributed by atoms with Gasteiger partial charge in [0.05, 0.1) is 0 Å². The van der Waals surface area contributed by atoms with Crippen LogP contribution in [0.25, 0.3) is 0 Å². The van der Waals surface area contributed by atoms with Crippen LogP contribution in [0.3, 0.4) is 0 Å². The largest absolute Gasteiger partial charge is 0.399 e. The van der Waals surface area contributed by atoms with Crippen LogP contribution in [0.15, 0.2) is 18.2 Å². The van der Waals surface area contributed by atoms with Gasteiger partial charge < -0.3 is 11.1 Å². The fourth-order valence-corrected chi connectivity index (χ4v) is 1.28. The van der Waals surface area contributed by atoms with Crippen molar-refractivity contribution in [2.24, 2.45) is 0 Å². The van der Waals surface area contributed by atoms with Crippen molar-refractivity contribution in [2.75, 3.05) is 19.3 Å². The highest BCUT2D eigenvalue weighted by Crippen LogP contribution is 2.15. The number of benzene rings is 1. The van der Waals surface area contributed by atoms with E-state index in [9.17, 15) is 0 Å². The second kappa shape index (κ2) is 5.54. The van der Waals surface area contributed by atoms with Crippen molar-refractivity contribution in [2.45, 2.75) is 6.42 Å². The summed E-state index contributed by atoms with van der Waals surface area (Å²) in [7, 11) is 1.90. The van der Waals surface area contributed by atoms with E-state index in [4.69, 9.17) is 17.3 Å². The Kier molecular flexibility index (Phi) is 4.31. The quantitative estimate of drug-likeness (QED) is 0.443. The van der Waals surface area contributed by atoms with Gasteiger partial charge in [0.1, 0.15) is 0 Å². The van der Waals surface area contributed by atoms with Crippen molar-refractivity contribution in [3.05, 3.63) is 28.8 Å². The first-order valence-corrected chi connectivity index (χ1v) is 4.79. The van der Waals surface area contributed by atoms with Crippen LogP contribution < -0.4 is 11.1 Å². The van der Waals surface area contributed by atoms with Gasteiger partial charge in [-0.2, -0.15) is 0 Å². The second-order valence-corrected chi connectivity index (χ2v) is 3.37. The van der Waals surface area contributed by atoms with E-state index in [1.165, 1.54) is 0 Å². The Labute approximate surface area is 89.4 Å². The van der Waals surface area contributed by atoms with E-state index >= 15 is 0 Å². The smallest absolute Gasteiger partial charge is 0.0438 e. The molecule has 0 unspecified atom stereocenters. The Hall–Kier alpha value is -1.17. The first kappa shape index (κ1) is 10.9. The number of hydrogen-bond acceptors (Lipinski definition) is 2. The van der Waals surface area contributed by atoms with Gasteiger partial charge in [-0.1, -0.05) is 23.4 Å². The molecule has 0 saturated carbocycles. The highest BCUT2D eigenvalue weighted by molar-refractivity contribution is 6.30. The maximum Gasteiger partial charge on any atom is 0.0438 e. The standard InChI is InChI=1S/C11H13ClN2/c1-14-5-3-2-4-9-6-10(12)8-11(13)7-9/h6-8,14H,3,5,13H2,1H3. The zero-order valence-electron chi connectivity index (χ0n) is 8.10. The summed E-state index contributed by atoms with van der Waals surface area (Å²) in [4.78, 5) is 0. The molecule has 3 heteroatoms. The Morgan fingerprint density at radius 3 is 2.86 bits per heavy atom. The Balaban J connectivity index is 2.69. The van der Waals surface area contributed by atoms with Crippen molar-refractivity contribution in [1.82, 2.24) is 5.32 Å². The number of anilines is 1. The predicted octanol–water partition coefficient (Wildman–Crippen LogP) is 1.88. The van der Waals surface area contributed by atoms with E-state index in [1.54, 1.807) is 6.07 Å². The van der Waals surface area contributed by atoms with Gasteiger partial charge in [-0.3, -0.25) is 0 Å². The number of halogens is 1. The van der Waals surface area contributed by atoms with E-state index in [-0.39, 0.29) is 0 Å². The zero-order valence-corrected chi connectivity index (χ0v) is 8.86. The minimum atomic E-state index is 0.628. The third-order valence-corrected chi connectivity index (χ3v) is 1.87. The number of nitrogens with one attached hydrogen (secondary N) is 1. The molecule has 0 aliphatic heterocycles. The van der Waals surface area contributed by atoms with Crippen LogP contribution in [0.2, 0.25) is 5.02 Å². The number of hydrogen-bond donors (Lipinski definition) is 2. The van der Waals surface area contributed by atoms with E-state index in [0.717, 1.165) is 18.5 Å². The molecule has 1 rings (SSSR count). The minimum absolute atomic E-state index is 0.628. The molecule has 3 N–H and O–H groups in total. The third-order valence-electron chi connectivity index (χ3n) is 1.65. The Morgan fingerprint density at radius 2 is 2.21 bits per heavy atom. The second-order valence-electron chi connectivity index (χ2n) is 2.93.